The molecule has 0 radical (unpaired) electrons. The summed E-state index contributed by atoms with van der Waals surface area (Å²) in [5.74, 6) is -0.426. The summed E-state index contributed by atoms with van der Waals surface area (Å²) in [7, 11) is 0. The lowest BCUT2D eigenvalue weighted by Gasteiger charge is -2.27. The van der Waals surface area contributed by atoms with Crippen LogP contribution in [0.5, 0.6) is 0 Å². The molecule has 1 atom stereocenters. The van der Waals surface area contributed by atoms with Crippen LogP contribution in [0.2, 0.25) is 0 Å². The molecule has 146 valence electrons. The number of amides is 1. The summed E-state index contributed by atoms with van der Waals surface area (Å²) < 4.78 is 11.5. The molecule has 0 saturated carbocycles. The van der Waals surface area contributed by atoms with Crippen LogP contribution in [0.25, 0.3) is 0 Å². The predicted octanol–water partition coefficient (Wildman–Crippen LogP) is 2.38. The van der Waals surface area contributed by atoms with Crippen LogP contribution < -0.4 is 16.4 Å². The van der Waals surface area contributed by atoms with Gasteiger partial charge in [-0.1, -0.05) is 18.7 Å². The third-order valence-electron chi connectivity index (χ3n) is 4.30. The Hall–Kier alpha value is -2.80. The smallest absolute Gasteiger partial charge is 0.267 e. The van der Waals surface area contributed by atoms with Crippen LogP contribution in [-0.4, -0.2) is 31.1 Å². The van der Waals surface area contributed by atoms with Gasteiger partial charge in [0, 0.05) is 18.5 Å². The molecular formula is C20H28N4O3. The van der Waals surface area contributed by atoms with Crippen LogP contribution in [-0.2, 0) is 19.9 Å². The van der Waals surface area contributed by atoms with E-state index in [0.29, 0.717) is 18.8 Å². The van der Waals surface area contributed by atoms with Gasteiger partial charge in [-0.25, -0.2) is 4.99 Å². The summed E-state index contributed by atoms with van der Waals surface area (Å²) >= 11 is 0. The molecule has 0 spiro atoms. The van der Waals surface area contributed by atoms with Gasteiger partial charge < -0.3 is 25.8 Å². The van der Waals surface area contributed by atoms with Crippen LogP contribution in [0.4, 0.5) is 5.69 Å². The minimum absolute atomic E-state index is 0.0398. The van der Waals surface area contributed by atoms with E-state index in [2.05, 4.69) is 11.6 Å². The zero-order chi connectivity index (χ0) is 20.2. The average Bonchev–Trinajstić information content (AvgIpc) is 2.71. The number of carbonyl (C=O) groups excluding carboxylic acids is 1. The Kier molecular flexibility index (Phi) is 6.28. The van der Waals surface area contributed by atoms with Crippen molar-refractivity contribution in [2.75, 3.05) is 18.1 Å². The quantitative estimate of drug-likeness (QED) is 0.773. The van der Waals surface area contributed by atoms with Crippen molar-refractivity contribution < 1.29 is 14.3 Å². The second-order valence-corrected chi connectivity index (χ2v) is 6.78. The molecule has 1 saturated heterocycles. The van der Waals surface area contributed by atoms with Crippen molar-refractivity contribution in [2.24, 2.45) is 16.5 Å². The standard InChI is InChI=1S/C20H28N4O3/c1-6-23-18-16(17(21)22)19(25)24(12-13(3)27-18)15-10-8-14(9-11-15)20(4,5)26-7-2/h6,8-11,13H,1,7,12,21-22H2,2-5H3/b23-18+/t13-/m1/s1. The van der Waals surface area contributed by atoms with Gasteiger partial charge in [0.2, 0.25) is 5.90 Å². The zero-order valence-electron chi connectivity index (χ0n) is 16.4. The highest BCUT2D eigenvalue weighted by Crippen LogP contribution is 2.28. The highest BCUT2D eigenvalue weighted by Gasteiger charge is 2.33. The maximum Gasteiger partial charge on any atom is 0.267 e. The fraction of sp³-hybridized carbons (Fsp3) is 0.400. The van der Waals surface area contributed by atoms with Gasteiger partial charge in [0.1, 0.15) is 17.5 Å². The van der Waals surface area contributed by atoms with E-state index in [-0.39, 0.29) is 29.3 Å². The molecule has 1 aromatic carbocycles. The molecule has 0 aliphatic carbocycles. The Morgan fingerprint density at radius 2 is 2.04 bits per heavy atom. The van der Waals surface area contributed by atoms with E-state index >= 15 is 0 Å². The molecule has 0 aromatic heterocycles. The Morgan fingerprint density at radius 3 is 2.56 bits per heavy atom. The number of aliphatic imine (C=N–C) groups is 1. The number of ether oxygens (including phenoxy) is 2. The van der Waals surface area contributed by atoms with E-state index in [0.717, 1.165) is 5.56 Å². The normalized spacial score (nSPS) is 19.6. The molecule has 7 heteroatoms. The fourth-order valence-corrected chi connectivity index (χ4v) is 2.99. The SMILES string of the molecule is C=C/N=C1/O[C@H](C)CN(c2ccc(C(C)(C)OCC)cc2)C(=O)C1=C(N)N. The van der Waals surface area contributed by atoms with Crippen LogP contribution >= 0.6 is 0 Å². The lowest BCUT2D eigenvalue weighted by molar-refractivity contribution is -0.114. The molecule has 27 heavy (non-hydrogen) atoms. The topological polar surface area (TPSA) is 103 Å². The van der Waals surface area contributed by atoms with Crippen molar-refractivity contribution >= 4 is 17.5 Å². The number of nitrogens with two attached hydrogens (primary N) is 2. The minimum Gasteiger partial charge on any atom is -0.472 e. The molecule has 1 aliphatic heterocycles. The van der Waals surface area contributed by atoms with Crippen LogP contribution in [0.1, 0.15) is 33.3 Å². The minimum atomic E-state index is -0.414. The van der Waals surface area contributed by atoms with E-state index in [9.17, 15) is 4.79 Å². The molecule has 0 unspecified atom stereocenters. The third-order valence-corrected chi connectivity index (χ3v) is 4.30. The Labute approximate surface area is 160 Å². The second-order valence-electron chi connectivity index (χ2n) is 6.78. The first-order chi connectivity index (χ1) is 12.7. The Balaban J connectivity index is 2.42. The van der Waals surface area contributed by atoms with E-state index in [1.54, 1.807) is 4.90 Å². The largest absolute Gasteiger partial charge is 0.472 e. The molecule has 2 rings (SSSR count). The first-order valence-electron chi connectivity index (χ1n) is 8.88. The van der Waals surface area contributed by atoms with Gasteiger partial charge in [0.05, 0.1) is 12.1 Å². The maximum atomic E-state index is 13.1. The zero-order valence-corrected chi connectivity index (χ0v) is 16.4. The summed E-state index contributed by atoms with van der Waals surface area (Å²) in [5.41, 5.74) is 12.8. The van der Waals surface area contributed by atoms with E-state index in [1.807, 2.05) is 52.0 Å². The van der Waals surface area contributed by atoms with Gasteiger partial charge >= 0.3 is 0 Å². The summed E-state index contributed by atoms with van der Waals surface area (Å²) in [6, 6.07) is 7.65. The molecule has 1 aromatic rings. The van der Waals surface area contributed by atoms with Gasteiger partial charge in [0.25, 0.3) is 5.91 Å². The Morgan fingerprint density at radius 1 is 1.41 bits per heavy atom. The van der Waals surface area contributed by atoms with Gasteiger partial charge in [0.15, 0.2) is 0 Å². The van der Waals surface area contributed by atoms with E-state index in [4.69, 9.17) is 20.9 Å². The van der Waals surface area contributed by atoms with E-state index < -0.39 is 5.60 Å². The first-order valence-corrected chi connectivity index (χ1v) is 8.88. The van der Waals surface area contributed by atoms with Crippen molar-refractivity contribution in [3.05, 3.63) is 54.0 Å². The van der Waals surface area contributed by atoms with Crippen molar-refractivity contribution in [2.45, 2.75) is 39.4 Å². The molecule has 0 bridgehead atoms. The summed E-state index contributed by atoms with van der Waals surface area (Å²) in [5, 5.41) is 0. The molecule has 1 amide bonds. The van der Waals surface area contributed by atoms with Gasteiger partial charge in [-0.05, 0) is 45.4 Å². The fourth-order valence-electron chi connectivity index (χ4n) is 2.99. The number of hydrogen-bond acceptors (Lipinski definition) is 6. The van der Waals surface area contributed by atoms with Gasteiger partial charge in [-0.2, -0.15) is 0 Å². The maximum absolute atomic E-state index is 13.1. The van der Waals surface area contributed by atoms with Crippen molar-refractivity contribution in [1.82, 2.24) is 0 Å². The van der Waals surface area contributed by atoms with E-state index in [1.165, 1.54) is 6.20 Å². The number of anilines is 1. The number of rotatable bonds is 5. The molecule has 1 aliphatic rings. The van der Waals surface area contributed by atoms with Crippen LogP contribution in [0.15, 0.2) is 53.4 Å². The number of carbonyl (C=O) groups is 1. The number of nitrogens with zero attached hydrogens (tertiary/aromatic N) is 2. The number of benzene rings is 1. The second kappa shape index (κ2) is 8.26. The molecule has 1 heterocycles. The Bertz CT molecular complexity index is 762. The molecular weight excluding hydrogens is 344 g/mol. The predicted molar refractivity (Wildman–Crippen MR) is 107 cm³/mol. The number of hydrogen-bond donors (Lipinski definition) is 2. The van der Waals surface area contributed by atoms with Crippen molar-refractivity contribution in [3.63, 3.8) is 0 Å². The summed E-state index contributed by atoms with van der Waals surface area (Å²) in [4.78, 5) is 18.7. The lowest BCUT2D eigenvalue weighted by Crippen LogP contribution is -2.37. The molecule has 7 nitrogen and oxygen atoms in total. The van der Waals surface area contributed by atoms with Gasteiger partial charge in [-0.15, -0.1) is 0 Å². The van der Waals surface area contributed by atoms with Gasteiger partial charge in [-0.3, -0.25) is 4.79 Å². The average molecular weight is 372 g/mol. The first kappa shape index (κ1) is 20.5. The third kappa shape index (κ3) is 4.49. The van der Waals surface area contributed by atoms with Crippen LogP contribution in [0.3, 0.4) is 0 Å². The lowest BCUT2D eigenvalue weighted by atomic mass is 9.97. The highest BCUT2D eigenvalue weighted by molar-refractivity contribution is 6.24. The van der Waals surface area contributed by atoms with Crippen LogP contribution in [0, 0.1) is 0 Å². The molecule has 1 fully saturated rings. The summed E-state index contributed by atoms with van der Waals surface area (Å²) in [6.07, 6.45) is 0.988. The highest BCUT2D eigenvalue weighted by atomic mass is 16.5. The van der Waals surface area contributed by atoms with Crippen molar-refractivity contribution in [1.29, 1.82) is 0 Å². The monoisotopic (exact) mass is 372 g/mol. The van der Waals surface area contributed by atoms with Crippen molar-refractivity contribution in [3.8, 4) is 0 Å². The summed E-state index contributed by atoms with van der Waals surface area (Å²) in [6.45, 7) is 12.3. The molecule has 4 N–H and O–H groups in total.